The quantitative estimate of drug-likeness (QED) is 0.588. The summed E-state index contributed by atoms with van der Waals surface area (Å²) in [6, 6.07) is 3.50. The maximum absolute atomic E-state index is 10.7. The standard InChI is InChI=1S/C10H4O8/c11-7(12)3-1-4(8(13)14)6(10(17)18)2-5(3)9(15)16/h(H,11,12)(H,13,14)(H,15,16)(H,17,18). The fraction of sp³-hybridized carbons (Fsp3) is 0. The molecule has 0 unspecified atom stereocenters. The van der Waals surface area contributed by atoms with Gasteiger partial charge in [0.25, 0.3) is 0 Å². The minimum atomic E-state index is -1.75. The Labute approximate surface area is 98.7 Å². The van der Waals surface area contributed by atoms with Gasteiger partial charge in [0.2, 0.25) is 0 Å². The minimum absolute atomic E-state index is 0.968. The second kappa shape index (κ2) is 4.53. The fourth-order valence-corrected chi connectivity index (χ4v) is 1.14. The first-order valence-electron chi connectivity index (χ1n) is 4.21. The van der Waals surface area contributed by atoms with Gasteiger partial charge in [0.1, 0.15) is 0 Å². The molecule has 2 radical (unpaired) electrons. The summed E-state index contributed by atoms with van der Waals surface area (Å²) in [5.74, 6) is -6.99. The van der Waals surface area contributed by atoms with Crippen LogP contribution in [0.2, 0.25) is 0 Å². The van der Waals surface area contributed by atoms with Crippen LogP contribution >= 0.6 is 0 Å². The molecule has 0 aliphatic rings. The number of carboxylic acid groups (broad SMARTS) is 4. The zero-order valence-corrected chi connectivity index (χ0v) is 8.42. The van der Waals surface area contributed by atoms with Gasteiger partial charge in [0.15, 0.2) is 0 Å². The van der Waals surface area contributed by atoms with Crippen molar-refractivity contribution in [1.29, 1.82) is 0 Å². The third-order valence-corrected chi connectivity index (χ3v) is 1.86. The van der Waals surface area contributed by atoms with Crippen molar-refractivity contribution in [1.82, 2.24) is 0 Å². The van der Waals surface area contributed by atoms with Gasteiger partial charge in [-0.15, -0.1) is 0 Å². The Morgan fingerprint density at radius 2 is 0.722 bits per heavy atom. The molecular formula is C10H4O8. The Morgan fingerprint density at radius 1 is 0.556 bits per heavy atom. The Balaban J connectivity index is 3.71. The van der Waals surface area contributed by atoms with Gasteiger partial charge in [-0.05, 0) is 0 Å². The normalized spacial score (nSPS) is 9.78. The van der Waals surface area contributed by atoms with E-state index in [0.29, 0.717) is 0 Å². The van der Waals surface area contributed by atoms with Crippen molar-refractivity contribution in [2.45, 2.75) is 0 Å². The summed E-state index contributed by atoms with van der Waals surface area (Å²) < 4.78 is 0. The lowest BCUT2D eigenvalue weighted by Crippen LogP contribution is -2.16. The van der Waals surface area contributed by atoms with Crippen molar-refractivity contribution in [2.24, 2.45) is 0 Å². The van der Waals surface area contributed by atoms with E-state index in [9.17, 15) is 19.2 Å². The van der Waals surface area contributed by atoms with Crippen LogP contribution in [-0.2, 0) is 0 Å². The van der Waals surface area contributed by atoms with Crippen LogP contribution < -0.4 is 0 Å². The molecule has 0 saturated carbocycles. The average Bonchev–Trinajstić information content (AvgIpc) is 2.26. The fourth-order valence-electron chi connectivity index (χ4n) is 1.14. The molecule has 92 valence electrons. The second-order valence-electron chi connectivity index (χ2n) is 2.97. The highest BCUT2D eigenvalue weighted by Crippen LogP contribution is 2.17. The average molecular weight is 252 g/mol. The van der Waals surface area contributed by atoms with Crippen molar-refractivity contribution < 1.29 is 39.6 Å². The van der Waals surface area contributed by atoms with Gasteiger partial charge in [-0.25, -0.2) is 19.2 Å². The summed E-state index contributed by atoms with van der Waals surface area (Å²) in [4.78, 5) is 42.9. The highest BCUT2D eigenvalue weighted by atomic mass is 16.4. The SMILES string of the molecule is O=C(O)c1[c]c(C(=O)O)c(C(=O)O)[c]c1C(=O)O. The Kier molecular flexibility index (Phi) is 3.32. The summed E-state index contributed by atoms with van der Waals surface area (Å²) in [6.07, 6.45) is 0. The van der Waals surface area contributed by atoms with E-state index in [1.54, 1.807) is 12.1 Å². The highest BCUT2D eigenvalue weighted by Gasteiger charge is 2.25. The van der Waals surface area contributed by atoms with E-state index >= 15 is 0 Å². The number of aromatic carboxylic acids is 4. The molecule has 0 amide bonds. The van der Waals surface area contributed by atoms with Crippen LogP contribution in [0.1, 0.15) is 41.4 Å². The minimum Gasteiger partial charge on any atom is -0.478 e. The molecule has 0 aromatic heterocycles. The number of hydrogen-bond acceptors (Lipinski definition) is 4. The summed E-state index contributed by atoms with van der Waals surface area (Å²) in [7, 11) is 0. The predicted octanol–water partition coefficient (Wildman–Crippen LogP) is 0.0798. The first-order chi connectivity index (χ1) is 8.25. The molecule has 0 atom stereocenters. The molecule has 18 heavy (non-hydrogen) atoms. The van der Waals surface area contributed by atoms with E-state index in [-0.39, 0.29) is 0 Å². The van der Waals surface area contributed by atoms with Crippen LogP contribution in [0.3, 0.4) is 0 Å². The monoisotopic (exact) mass is 252 g/mol. The van der Waals surface area contributed by atoms with E-state index in [2.05, 4.69) is 0 Å². The van der Waals surface area contributed by atoms with Crippen molar-refractivity contribution in [2.75, 3.05) is 0 Å². The first kappa shape index (κ1) is 13.2. The zero-order chi connectivity index (χ0) is 14.0. The lowest BCUT2D eigenvalue weighted by atomic mass is 9.98. The number of carboxylic acids is 4. The predicted molar refractivity (Wildman–Crippen MR) is 52.0 cm³/mol. The maximum Gasteiger partial charge on any atom is 0.337 e. The van der Waals surface area contributed by atoms with Gasteiger partial charge in [-0.1, -0.05) is 0 Å². The van der Waals surface area contributed by atoms with Crippen LogP contribution in [0.4, 0.5) is 0 Å². The Hall–Kier alpha value is -2.90. The smallest absolute Gasteiger partial charge is 0.337 e. The highest BCUT2D eigenvalue weighted by molar-refractivity contribution is 6.08. The molecule has 0 spiro atoms. The van der Waals surface area contributed by atoms with Gasteiger partial charge in [0, 0.05) is 12.1 Å². The van der Waals surface area contributed by atoms with E-state index in [1.807, 2.05) is 0 Å². The maximum atomic E-state index is 10.7. The van der Waals surface area contributed by atoms with Gasteiger partial charge in [0.05, 0.1) is 22.3 Å². The Morgan fingerprint density at radius 3 is 0.833 bits per heavy atom. The van der Waals surface area contributed by atoms with Gasteiger partial charge >= 0.3 is 23.9 Å². The molecule has 0 aliphatic carbocycles. The van der Waals surface area contributed by atoms with Crippen molar-refractivity contribution in [3.63, 3.8) is 0 Å². The number of rotatable bonds is 4. The molecule has 0 bridgehead atoms. The summed E-state index contributed by atoms with van der Waals surface area (Å²) in [5, 5.41) is 34.8. The molecule has 8 heteroatoms. The number of hydrogen-bond donors (Lipinski definition) is 4. The topological polar surface area (TPSA) is 149 Å². The van der Waals surface area contributed by atoms with Crippen LogP contribution in [0.5, 0.6) is 0 Å². The van der Waals surface area contributed by atoms with Crippen molar-refractivity contribution in [3.8, 4) is 0 Å². The third-order valence-electron chi connectivity index (χ3n) is 1.86. The van der Waals surface area contributed by atoms with Gasteiger partial charge in [-0.2, -0.15) is 0 Å². The molecule has 1 aromatic carbocycles. The van der Waals surface area contributed by atoms with Crippen molar-refractivity contribution in [3.05, 3.63) is 34.4 Å². The summed E-state index contributed by atoms with van der Waals surface area (Å²) >= 11 is 0. The molecular weight excluding hydrogens is 248 g/mol. The second-order valence-corrected chi connectivity index (χ2v) is 2.97. The van der Waals surface area contributed by atoms with Gasteiger partial charge in [-0.3, -0.25) is 0 Å². The summed E-state index contributed by atoms with van der Waals surface area (Å²) in [6.45, 7) is 0. The number of benzene rings is 1. The van der Waals surface area contributed by atoms with Crippen LogP contribution in [0.25, 0.3) is 0 Å². The van der Waals surface area contributed by atoms with E-state index in [1.165, 1.54) is 0 Å². The van der Waals surface area contributed by atoms with Crippen LogP contribution in [-0.4, -0.2) is 44.3 Å². The van der Waals surface area contributed by atoms with Crippen LogP contribution in [0.15, 0.2) is 0 Å². The molecule has 0 saturated heterocycles. The molecule has 0 aliphatic heterocycles. The van der Waals surface area contributed by atoms with Crippen molar-refractivity contribution >= 4 is 23.9 Å². The molecule has 8 nitrogen and oxygen atoms in total. The molecule has 1 aromatic rings. The van der Waals surface area contributed by atoms with E-state index in [4.69, 9.17) is 20.4 Å². The third kappa shape index (κ3) is 2.26. The molecule has 1 rings (SSSR count). The van der Waals surface area contributed by atoms with E-state index in [0.717, 1.165) is 0 Å². The van der Waals surface area contributed by atoms with E-state index < -0.39 is 46.1 Å². The zero-order valence-electron chi connectivity index (χ0n) is 8.42. The van der Waals surface area contributed by atoms with Gasteiger partial charge < -0.3 is 20.4 Å². The van der Waals surface area contributed by atoms with Crippen LogP contribution in [0, 0.1) is 12.1 Å². The largest absolute Gasteiger partial charge is 0.478 e. The summed E-state index contributed by atoms with van der Waals surface area (Å²) in [5.41, 5.74) is -3.87. The first-order valence-corrected chi connectivity index (χ1v) is 4.21. The lowest BCUT2D eigenvalue weighted by molar-refractivity contribution is 0.0635. The number of carbonyl (C=O) groups is 4. The molecule has 4 N–H and O–H groups in total. The Bertz CT molecular complexity index is 473. The molecule has 0 fully saturated rings. The lowest BCUT2D eigenvalue weighted by Gasteiger charge is -2.05. The molecule has 0 heterocycles.